The highest BCUT2D eigenvalue weighted by Gasteiger charge is 2.07. The van der Waals surface area contributed by atoms with Gasteiger partial charge in [0.25, 0.3) is 0 Å². The number of hydrogen-bond donors (Lipinski definition) is 1. The van der Waals surface area contributed by atoms with Crippen LogP contribution in [0.3, 0.4) is 0 Å². The molecule has 0 aliphatic carbocycles. The smallest absolute Gasteiger partial charge is 0.139 e. The van der Waals surface area contributed by atoms with Crippen molar-refractivity contribution < 1.29 is 4.74 Å². The summed E-state index contributed by atoms with van der Waals surface area (Å²) in [6.45, 7) is 6.18. The minimum Gasteiger partial charge on any atom is -0.489 e. The maximum Gasteiger partial charge on any atom is 0.139 e. The maximum atomic E-state index is 6.03. The molecule has 0 aromatic heterocycles. The predicted molar refractivity (Wildman–Crippen MR) is 74.3 cm³/mol. The Kier molecular flexibility index (Phi) is 6.71. The summed E-state index contributed by atoms with van der Waals surface area (Å²) >= 11 is 11.9. The molecule has 1 unspecified atom stereocenters. The maximum absolute atomic E-state index is 6.03. The van der Waals surface area contributed by atoms with Crippen LogP contribution in [0.2, 0.25) is 10.0 Å². The highest BCUT2D eigenvalue weighted by molar-refractivity contribution is 6.34. The van der Waals surface area contributed by atoms with Gasteiger partial charge < -0.3 is 10.1 Å². The molecule has 1 N–H and O–H groups in total. The third kappa shape index (κ3) is 5.62. The van der Waals surface area contributed by atoms with E-state index >= 15 is 0 Å². The zero-order chi connectivity index (χ0) is 12.7. The van der Waals surface area contributed by atoms with Gasteiger partial charge in [-0.15, -0.1) is 0 Å². The number of benzene rings is 1. The monoisotopic (exact) mass is 275 g/mol. The number of rotatable bonds is 7. The highest BCUT2D eigenvalue weighted by atomic mass is 35.5. The standard InChI is InChI=1S/C13H19Cl2NO/c1-3-16-8-4-5-10(2)17-13-9-11(14)6-7-12(13)15/h6-7,9-10,16H,3-5,8H2,1-2H3. The number of hydrogen-bond acceptors (Lipinski definition) is 2. The van der Waals surface area contributed by atoms with Gasteiger partial charge in [0.2, 0.25) is 0 Å². The molecule has 0 radical (unpaired) electrons. The summed E-state index contributed by atoms with van der Waals surface area (Å²) in [5.74, 6) is 0.662. The van der Waals surface area contributed by atoms with Gasteiger partial charge in [-0.1, -0.05) is 30.1 Å². The molecular weight excluding hydrogens is 257 g/mol. The molecule has 2 nitrogen and oxygen atoms in total. The Bertz CT molecular complexity index is 344. The summed E-state index contributed by atoms with van der Waals surface area (Å²) in [5, 5.41) is 4.53. The predicted octanol–water partition coefficient (Wildman–Crippen LogP) is 4.15. The van der Waals surface area contributed by atoms with E-state index in [-0.39, 0.29) is 6.10 Å². The summed E-state index contributed by atoms with van der Waals surface area (Å²) in [6.07, 6.45) is 2.23. The van der Waals surface area contributed by atoms with Crippen LogP contribution in [0.4, 0.5) is 0 Å². The van der Waals surface area contributed by atoms with Gasteiger partial charge in [0.1, 0.15) is 5.75 Å². The van der Waals surface area contributed by atoms with Crippen LogP contribution >= 0.6 is 23.2 Å². The van der Waals surface area contributed by atoms with Gasteiger partial charge in [0.15, 0.2) is 0 Å². The Balaban J connectivity index is 2.39. The Morgan fingerprint density at radius 1 is 1.35 bits per heavy atom. The Hall–Kier alpha value is -0.440. The van der Waals surface area contributed by atoms with Crippen molar-refractivity contribution in [2.45, 2.75) is 32.8 Å². The van der Waals surface area contributed by atoms with Crippen LogP contribution in [0, 0.1) is 0 Å². The van der Waals surface area contributed by atoms with E-state index in [1.807, 2.05) is 6.92 Å². The van der Waals surface area contributed by atoms with E-state index in [0.29, 0.717) is 15.8 Å². The molecule has 17 heavy (non-hydrogen) atoms. The van der Waals surface area contributed by atoms with Crippen molar-refractivity contribution >= 4 is 23.2 Å². The Morgan fingerprint density at radius 3 is 2.82 bits per heavy atom. The van der Waals surface area contributed by atoms with Gasteiger partial charge in [-0.05, 0) is 45.0 Å². The average molecular weight is 276 g/mol. The van der Waals surface area contributed by atoms with Crippen LogP contribution in [0.25, 0.3) is 0 Å². The molecule has 0 heterocycles. The number of ether oxygens (including phenoxy) is 1. The Labute approximate surface area is 113 Å². The van der Waals surface area contributed by atoms with Crippen LogP contribution in [-0.4, -0.2) is 19.2 Å². The molecule has 0 bridgehead atoms. The number of halogens is 2. The van der Waals surface area contributed by atoms with Crippen molar-refractivity contribution in [3.05, 3.63) is 28.2 Å². The van der Waals surface area contributed by atoms with Crippen molar-refractivity contribution in [2.24, 2.45) is 0 Å². The SMILES string of the molecule is CCNCCCC(C)Oc1cc(Cl)ccc1Cl. The first-order chi connectivity index (χ1) is 8.13. The third-order valence-electron chi connectivity index (χ3n) is 2.44. The molecule has 0 aliphatic rings. The lowest BCUT2D eigenvalue weighted by atomic mass is 10.2. The molecule has 0 amide bonds. The molecule has 1 rings (SSSR count). The zero-order valence-electron chi connectivity index (χ0n) is 10.3. The lowest BCUT2D eigenvalue weighted by Crippen LogP contribution is -2.18. The normalized spacial score (nSPS) is 12.5. The quantitative estimate of drug-likeness (QED) is 0.755. The van der Waals surface area contributed by atoms with Crippen molar-refractivity contribution in [1.82, 2.24) is 5.32 Å². The molecular formula is C13H19Cl2NO. The van der Waals surface area contributed by atoms with E-state index in [2.05, 4.69) is 12.2 Å². The van der Waals surface area contributed by atoms with Gasteiger partial charge in [-0.3, -0.25) is 0 Å². The van der Waals surface area contributed by atoms with E-state index in [4.69, 9.17) is 27.9 Å². The largest absolute Gasteiger partial charge is 0.489 e. The second-order valence-corrected chi connectivity index (χ2v) is 4.84. The molecule has 0 spiro atoms. The van der Waals surface area contributed by atoms with Gasteiger partial charge in [-0.2, -0.15) is 0 Å². The molecule has 1 aromatic rings. The lowest BCUT2D eigenvalue weighted by molar-refractivity contribution is 0.208. The second-order valence-electron chi connectivity index (χ2n) is 4.00. The van der Waals surface area contributed by atoms with Gasteiger partial charge in [0.05, 0.1) is 11.1 Å². The van der Waals surface area contributed by atoms with Crippen LogP contribution < -0.4 is 10.1 Å². The number of nitrogens with one attached hydrogen (secondary N) is 1. The summed E-state index contributed by atoms with van der Waals surface area (Å²) in [6, 6.07) is 5.27. The molecule has 0 saturated carbocycles. The van der Waals surface area contributed by atoms with Gasteiger partial charge in [-0.25, -0.2) is 0 Å². The second kappa shape index (κ2) is 7.80. The summed E-state index contributed by atoms with van der Waals surface area (Å²) in [7, 11) is 0. The molecule has 0 saturated heterocycles. The molecule has 0 fully saturated rings. The fourth-order valence-electron chi connectivity index (χ4n) is 1.53. The van der Waals surface area contributed by atoms with Crippen molar-refractivity contribution in [3.8, 4) is 5.75 Å². The lowest BCUT2D eigenvalue weighted by Gasteiger charge is -2.16. The molecule has 0 aliphatic heterocycles. The van der Waals surface area contributed by atoms with Crippen molar-refractivity contribution in [3.63, 3.8) is 0 Å². The molecule has 1 aromatic carbocycles. The summed E-state index contributed by atoms with van der Waals surface area (Å²) in [4.78, 5) is 0. The van der Waals surface area contributed by atoms with Gasteiger partial charge in [0, 0.05) is 11.1 Å². The average Bonchev–Trinajstić information content (AvgIpc) is 2.29. The summed E-state index contributed by atoms with van der Waals surface area (Å²) < 4.78 is 5.76. The molecule has 1 atom stereocenters. The van der Waals surface area contributed by atoms with E-state index in [1.54, 1.807) is 18.2 Å². The van der Waals surface area contributed by atoms with E-state index in [1.165, 1.54) is 0 Å². The first kappa shape index (κ1) is 14.6. The summed E-state index contributed by atoms with van der Waals surface area (Å²) in [5.41, 5.74) is 0. The minimum absolute atomic E-state index is 0.143. The van der Waals surface area contributed by atoms with E-state index < -0.39 is 0 Å². The topological polar surface area (TPSA) is 21.3 Å². The molecule has 4 heteroatoms. The van der Waals surface area contributed by atoms with Crippen molar-refractivity contribution in [1.29, 1.82) is 0 Å². The van der Waals surface area contributed by atoms with E-state index in [0.717, 1.165) is 25.9 Å². The van der Waals surface area contributed by atoms with Gasteiger partial charge >= 0.3 is 0 Å². The first-order valence-electron chi connectivity index (χ1n) is 5.96. The third-order valence-corrected chi connectivity index (χ3v) is 2.98. The zero-order valence-corrected chi connectivity index (χ0v) is 11.8. The molecule has 96 valence electrons. The Morgan fingerprint density at radius 2 is 2.12 bits per heavy atom. The van der Waals surface area contributed by atoms with Crippen LogP contribution in [0.15, 0.2) is 18.2 Å². The van der Waals surface area contributed by atoms with Crippen LogP contribution in [0.5, 0.6) is 5.75 Å². The first-order valence-corrected chi connectivity index (χ1v) is 6.71. The fraction of sp³-hybridized carbons (Fsp3) is 0.538. The van der Waals surface area contributed by atoms with Crippen molar-refractivity contribution in [2.75, 3.05) is 13.1 Å². The van der Waals surface area contributed by atoms with Crippen LogP contribution in [0.1, 0.15) is 26.7 Å². The fourth-order valence-corrected chi connectivity index (χ4v) is 1.86. The minimum atomic E-state index is 0.143. The van der Waals surface area contributed by atoms with E-state index in [9.17, 15) is 0 Å². The van der Waals surface area contributed by atoms with Crippen LogP contribution in [-0.2, 0) is 0 Å². The highest BCUT2D eigenvalue weighted by Crippen LogP contribution is 2.28.